The number of rotatable bonds is 4. The quantitative estimate of drug-likeness (QED) is 0.253. The zero-order valence-electron chi connectivity index (χ0n) is 21.0. The maximum absolute atomic E-state index is 13.7. The first-order valence-electron chi connectivity index (χ1n) is 12.2. The predicted octanol–water partition coefficient (Wildman–Crippen LogP) is 2.54. The van der Waals surface area contributed by atoms with Crippen molar-refractivity contribution in [2.24, 2.45) is 34.0 Å². The molecule has 7 atom stereocenters. The number of hydrogen-bond donors (Lipinski definition) is 0. The minimum absolute atomic E-state index is 0.0183. The summed E-state index contributed by atoms with van der Waals surface area (Å²) in [6.45, 7) is 11.8. The molecule has 1 aliphatic heterocycles. The van der Waals surface area contributed by atoms with Gasteiger partial charge in [-0.2, -0.15) is 0 Å². The standard InChI is InChI=1S/C26H34O9/c1-13-17-9-18(34-15(3)28)21-25(10-17,22(13)30)23(31)33-12-26(21)19(11-32-14(2)27)24(5,6)8-7-20(26)35-16(4)29/h17-21H,1,7-12H2,2-6H3. The Hall–Kier alpha value is -2.71. The molecule has 4 fully saturated rings. The maximum Gasteiger partial charge on any atom is 0.320 e. The number of ether oxygens (including phenoxy) is 4. The summed E-state index contributed by atoms with van der Waals surface area (Å²) in [4.78, 5) is 63.5. The van der Waals surface area contributed by atoms with Gasteiger partial charge < -0.3 is 18.9 Å². The molecule has 0 amide bonds. The third-order valence-corrected chi connectivity index (χ3v) is 8.90. The molecule has 2 bridgehead atoms. The van der Waals surface area contributed by atoms with Crippen LogP contribution in [0.2, 0.25) is 0 Å². The average Bonchev–Trinajstić information content (AvgIpc) is 2.93. The van der Waals surface area contributed by atoms with Gasteiger partial charge in [-0.1, -0.05) is 20.4 Å². The largest absolute Gasteiger partial charge is 0.466 e. The van der Waals surface area contributed by atoms with Gasteiger partial charge in [0.2, 0.25) is 0 Å². The zero-order valence-corrected chi connectivity index (χ0v) is 21.0. The fourth-order valence-corrected chi connectivity index (χ4v) is 7.61. The molecule has 3 saturated carbocycles. The number of ketones is 1. The SMILES string of the molecule is C=C1C(=O)C23CC1CC(OC(C)=O)C2C1(COC3=O)C(OC(C)=O)CCC(C)(C)C1COC(C)=O. The number of hydrogen-bond acceptors (Lipinski definition) is 9. The van der Waals surface area contributed by atoms with Crippen LogP contribution in [0.15, 0.2) is 12.2 Å². The second-order valence-corrected chi connectivity index (χ2v) is 11.3. The third-order valence-electron chi connectivity index (χ3n) is 8.90. The van der Waals surface area contributed by atoms with E-state index < -0.39 is 69.9 Å². The van der Waals surface area contributed by atoms with Crippen molar-refractivity contribution in [3.05, 3.63) is 12.2 Å². The molecule has 9 heteroatoms. The summed E-state index contributed by atoms with van der Waals surface area (Å²) in [5.74, 6) is -4.17. The van der Waals surface area contributed by atoms with E-state index in [1.54, 1.807) is 0 Å². The van der Waals surface area contributed by atoms with Crippen LogP contribution in [0.5, 0.6) is 0 Å². The summed E-state index contributed by atoms with van der Waals surface area (Å²) >= 11 is 0. The number of Topliss-reactive ketones (excluding diaryl/α,β-unsaturated/α-hetero) is 1. The van der Waals surface area contributed by atoms with Gasteiger partial charge in [-0.05, 0) is 42.6 Å². The molecule has 4 rings (SSSR count). The lowest BCUT2D eigenvalue weighted by Crippen LogP contribution is -2.71. The van der Waals surface area contributed by atoms with Crippen LogP contribution >= 0.6 is 0 Å². The highest BCUT2D eigenvalue weighted by Crippen LogP contribution is 2.68. The Balaban J connectivity index is 1.98. The monoisotopic (exact) mass is 490 g/mol. The van der Waals surface area contributed by atoms with Crippen molar-refractivity contribution >= 4 is 29.7 Å². The molecular weight excluding hydrogens is 456 g/mol. The topological polar surface area (TPSA) is 122 Å². The molecule has 0 aromatic heterocycles. The highest BCUT2D eigenvalue weighted by molar-refractivity contribution is 6.15. The molecule has 3 aliphatic carbocycles. The van der Waals surface area contributed by atoms with Crippen molar-refractivity contribution in [3.8, 4) is 0 Å². The van der Waals surface area contributed by atoms with E-state index in [1.165, 1.54) is 20.8 Å². The lowest BCUT2D eigenvalue weighted by atomic mass is 9.43. The zero-order chi connectivity index (χ0) is 25.9. The lowest BCUT2D eigenvalue weighted by Gasteiger charge is -2.63. The maximum atomic E-state index is 13.7. The van der Waals surface area contributed by atoms with Crippen molar-refractivity contribution in [2.45, 2.75) is 72.5 Å². The Morgan fingerprint density at radius 2 is 1.71 bits per heavy atom. The number of carbonyl (C=O) groups excluding carboxylic acids is 5. The first-order chi connectivity index (χ1) is 16.3. The highest BCUT2D eigenvalue weighted by atomic mass is 16.6. The van der Waals surface area contributed by atoms with Crippen LogP contribution in [0, 0.1) is 34.0 Å². The van der Waals surface area contributed by atoms with Crippen LogP contribution in [0.3, 0.4) is 0 Å². The van der Waals surface area contributed by atoms with Gasteiger partial charge in [0.25, 0.3) is 0 Å². The van der Waals surface area contributed by atoms with Crippen LogP contribution in [0.4, 0.5) is 0 Å². The molecule has 1 heterocycles. The first-order valence-corrected chi connectivity index (χ1v) is 12.2. The van der Waals surface area contributed by atoms with E-state index in [4.69, 9.17) is 18.9 Å². The lowest BCUT2D eigenvalue weighted by molar-refractivity contribution is -0.266. The van der Waals surface area contributed by atoms with E-state index in [0.717, 1.165) is 0 Å². The Morgan fingerprint density at radius 3 is 2.31 bits per heavy atom. The van der Waals surface area contributed by atoms with Gasteiger partial charge in [-0.15, -0.1) is 0 Å². The Bertz CT molecular complexity index is 997. The van der Waals surface area contributed by atoms with E-state index in [0.29, 0.717) is 24.8 Å². The summed E-state index contributed by atoms with van der Waals surface area (Å²) in [6, 6.07) is 0. The molecule has 0 N–H and O–H groups in total. The molecule has 2 spiro atoms. The number of cyclic esters (lactones) is 1. The van der Waals surface area contributed by atoms with E-state index in [9.17, 15) is 24.0 Å². The minimum Gasteiger partial charge on any atom is -0.466 e. The van der Waals surface area contributed by atoms with Gasteiger partial charge in [-0.25, -0.2) is 0 Å². The summed E-state index contributed by atoms with van der Waals surface area (Å²) < 4.78 is 23.0. The molecule has 0 aromatic rings. The predicted molar refractivity (Wildman–Crippen MR) is 120 cm³/mol. The Morgan fingerprint density at radius 1 is 1.06 bits per heavy atom. The van der Waals surface area contributed by atoms with Crippen molar-refractivity contribution in [1.29, 1.82) is 0 Å². The molecule has 9 nitrogen and oxygen atoms in total. The van der Waals surface area contributed by atoms with Crippen LogP contribution in [0.1, 0.15) is 60.3 Å². The Kier molecular flexibility index (Phi) is 6.13. The second kappa shape index (κ2) is 8.45. The van der Waals surface area contributed by atoms with Gasteiger partial charge in [-0.3, -0.25) is 24.0 Å². The molecule has 192 valence electrons. The molecule has 0 radical (unpaired) electrons. The molecule has 1 saturated heterocycles. The van der Waals surface area contributed by atoms with Gasteiger partial charge in [0.05, 0.1) is 12.0 Å². The number of fused-ring (bicyclic) bond motifs is 2. The molecule has 4 aliphatic rings. The molecule has 7 unspecified atom stereocenters. The molecule has 0 aromatic carbocycles. The minimum atomic E-state index is -1.60. The third kappa shape index (κ3) is 3.69. The molecular formula is C26H34O9. The van der Waals surface area contributed by atoms with E-state index in [2.05, 4.69) is 6.58 Å². The van der Waals surface area contributed by atoms with E-state index in [-0.39, 0.29) is 25.6 Å². The van der Waals surface area contributed by atoms with Crippen LogP contribution < -0.4 is 0 Å². The summed E-state index contributed by atoms with van der Waals surface area (Å²) in [5, 5.41) is 0. The smallest absolute Gasteiger partial charge is 0.320 e. The van der Waals surface area contributed by atoms with Crippen LogP contribution in [0.25, 0.3) is 0 Å². The molecule has 35 heavy (non-hydrogen) atoms. The van der Waals surface area contributed by atoms with Crippen molar-refractivity contribution in [1.82, 2.24) is 0 Å². The van der Waals surface area contributed by atoms with Crippen molar-refractivity contribution in [2.75, 3.05) is 13.2 Å². The van der Waals surface area contributed by atoms with Gasteiger partial charge in [0, 0.05) is 32.6 Å². The second-order valence-electron chi connectivity index (χ2n) is 11.3. The van der Waals surface area contributed by atoms with Crippen LogP contribution in [-0.2, 0) is 42.9 Å². The van der Waals surface area contributed by atoms with Crippen molar-refractivity contribution < 1.29 is 42.9 Å². The van der Waals surface area contributed by atoms with Gasteiger partial charge in [0.1, 0.15) is 24.2 Å². The van der Waals surface area contributed by atoms with E-state index >= 15 is 0 Å². The summed E-state index contributed by atoms with van der Waals surface area (Å²) in [6.07, 6.45) is 0.112. The highest BCUT2D eigenvalue weighted by Gasteiger charge is 2.77. The van der Waals surface area contributed by atoms with Crippen LogP contribution in [-0.4, -0.2) is 55.1 Å². The van der Waals surface area contributed by atoms with Crippen molar-refractivity contribution in [3.63, 3.8) is 0 Å². The normalized spacial score (nSPS) is 39.5. The fourth-order valence-electron chi connectivity index (χ4n) is 7.61. The summed E-state index contributed by atoms with van der Waals surface area (Å²) in [5.41, 5.74) is -2.83. The average molecular weight is 491 g/mol. The number of carbonyl (C=O) groups is 5. The first kappa shape index (κ1) is 25.4. The Labute approximate surface area is 204 Å². The summed E-state index contributed by atoms with van der Waals surface area (Å²) in [7, 11) is 0. The van der Waals surface area contributed by atoms with Gasteiger partial charge in [0.15, 0.2) is 5.78 Å². The number of allylic oxidation sites excluding steroid dienone is 1. The van der Waals surface area contributed by atoms with Gasteiger partial charge >= 0.3 is 23.9 Å². The number of esters is 4. The van der Waals surface area contributed by atoms with E-state index in [1.807, 2.05) is 13.8 Å². The fraction of sp³-hybridized carbons (Fsp3) is 0.731.